The first-order chi connectivity index (χ1) is 16.0. The molecule has 1 aliphatic carbocycles. The Morgan fingerprint density at radius 1 is 0.848 bits per heavy atom. The molecule has 2 heterocycles. The summed E-state index contributed by atoms with van der Waals surface area (Å²) < 4.78 is 1.44. The Balaban J connectivity index is 1.60. The molecule has 4 aromatic rings. The van der Waals surface area contributed by atoms with Crippen molar-refractivity contribution in [1.29, 1.82) is 0 Å². The lowest BCUT2D eigenvalue weighted by atomic mass is 9.82. The van der Waals surface area contributed by atoms with E-state index >= 15 is 0 Å². The molecule has 1 atom stereocenters. The number of ketones is 1. The maximum atomic E-state index is 13.6. The van der Waals surface area contributed by atoms with E-state index in [4.69, 9.17) is 0 Å². The number of benzene rings is 3. The predicted molar refractivity (Wildman–Crippen MR) is 123 cm³/mol. The van der Waals surface area contributed by atoms with Crippen molar-refractivity contribution in [2.75, 3.05) is 5.32 Å². The molecule has 0 unspecified atom stereocenters. The van der Waals surface area contributed by atoms with E-state index < -0.39 is 10.8 Å². The van der Waals surface area contributed by atoms with Crippen molar-refractivity contribution in [1.82, 2.24) is 9.78 Å². The van der Waals surface area contributed by atoms with Gasteiger partial charge >= 0.3 is 0 Å². The number of allylic oxidation sites excluding steroid dienone is 1. The van der Waals surface area contributed by atoms with Gasteiger partial charge in [-0.3, -0.25) is 24.8 Å². The summed E-state index contributed by atoms with van der Waals surface area (Å²) in [6.45, 7) is 0. The summed E-state index contributed by atoms with van der Waals surface area (Å²) in [7, 11) is 0. The van der Waals surface area contributed by atoms with E-state index in [0.717, 1.165) is 5.56 Å². The second-order valence-corrected chi connectivity index (χ2v) is 7.95. The number of nitrogens with one attached hydrogen (secondary N) is 2. The first kappa shape index (κ1) is 19.0. The number of rotatable bonds is 3. The van der Waals surface area contributed by atoms with Gasteiger partial charge in [0.2, 0.25) is 0 Å². The number of H-pyrrole nitrogens is 1. The Labute approximate surface area is 186 Å². The molecule has 6 rings (SSSR count). The molecule has 3 aromatic carbocycles. The zero-order valence-electron chi connectivity index (χ0n) is 17.1. The fraction of sp³-hybridized carbons (Fsp3) is 0.0400. The highest BCUT2D eigenvalue weighted by Gasteiger charge is 2.42. The van der Waals surface area contributed by atoms with Crippen molar-refractivity contribution >= 4 is 23.0 Å². The van der Waals surface area contributed by atoms with Crippen LogP contribution in [0, 0.1) is 10.1 Å². The van der Waals surface area contributed by atoms with Crippen LogP contribution in [0.3, 0.4) is 0 Å². The number of hydrogen-bond donors (Lipinski definition) is 2. The zero-order chi connectivity index (χ0) is 22.7. The third kappa shape index (κ3) is 2.71. The molecular formula is C25H16N4O4. The second-order valence-electron chi connectivity index (χ2n) is 7.95. The SMILES string of the molecule is O=C1C2=C(Nc3[nH]n(-c4ccccc4)c(=O)c3[C@@H]2c2ccc([N+](=O)[O-])cc2)c2ccccc21. The van der Waals surface area contributed by atoms with Crippen LogP contribution in [-0.4, -0.2) is 20.5 Å². The van der Waals surface area contributed by atoms with Crippen LogP contribution >= 0.6 is 0 Å². The Kier molecular flexibility index (Phi) is 3.97. The summed E-state index contributed by atoms with van der Waals surface area (Å²) in [5, 5.41) is 17.6. The molecule has 8 heteroatoms. The minimum atomic E-state index is -0.675. The molecule has 2 N–H and O–H groups in total. The lowest BCUT2D eigenvalue weighted by molar-refractivity contribution is -0.384. The van der Waals surface area contributed by atoms with Crippen molar-refractivity contribution in [3.63, 3.8) is 0 Å². The number of hydrogen-bond acceptors (Lipinski definition) is 5. The number of aromatic amines is 1. The molecule has 2 aliphatic rings. The van der Waals surface area contributed by atoms with Crippen molar-refractivity contribution in [3.05, 3.63) is 127 Å². The maximum Gasteiger partial charge on any atom is 0.277 e. The molecule has 0 saturated carbocycles. The third-order valence-corrected chi connectivity index (χ3v) is 6.16. The Bertz CT molecular complexity index is 1550. The molecule has 1 aromatic heterocycles. The number of aromatic nitrogens is 2. The lowest BCUT2D eigenvalue weighted by Crippen LogP contribution is -2.25. The molecule has 8 nitrogen and oxygen atoms in total. The molecule has 160 valence electrons. The van der Waals surface area contributed by atoms with Gasteiger partial charge in [-0.2, -0.15) is 0 Å². The van der Waals surface area contributed by atoms with E-state index in [9.17, 15) is 19.7 Å². The molecular weight excluding hydrogens is 420 g/mol. The largest absolute Gasteiger partial charge is 0.339 e. The summed E-state index contributed by atoms with van der Waals surface area (Å²) >= 11 is 0. The van der Waals surface area contributed by atoms with Gasteiger partial charge in [-0.15, -0.1) is 0 Å². The summed E-state index contributed by atoms with van der Waals surface area (Å²) in [5.74, 6) is -0.338. The topological polar surface area (TPSA) is 110 Å². The second kappa shape index (κ2) is 6.89. The van der Waals surface area contributed by atoms with Crippen LogP contribution in [0.15, 0.2) is 89.2 Å². The van der Waals surface area contributed by atoms with E-state index in [1.54, 1.807) is 24.3 Å². The number of para-hydroxylation sites is 1. The number of nitrogens with zero attached hydrogens (tertiary/aromatic N) is 2. The highest BCUT2D eigenvalue weighted by atomic mass is 16.6. The van der Waals surface area contributed by atoms with Crippen LogP contribution < -0.4 is 10.9 Å². The van der Waals surface area contributed by atoms with Gasteiger partial charge in [0.1, 0.15) is 5.82 Å². The van der Waals surface area contributed by atoms with E-state index in [0.29, 0.717) is 39.5 Å². The smallest absolute Gasteiger partial charge is 0.277 e. The van der Waals surface area contributed by atoms with Crippen molar-refractivity contribution in [3.8, 4) is 5.69 Å². The lowest BCUT2D eigenvalue weighted by Gasteiger charge is -2.25. The van der Waals surface area contributed by atoms with E-state index in [1.807, 2.05) is 42.5 Å². The van der Waals surface area contributed by atoms with Gasteiger partial charge in [-0.1, -0.05) is 54.6 Å². The fourth-order valence-corrected chi connectivity index (χ4v) is 4.68. The van der Waals surface area contributed by atoms with Gasteiger partial charge in [0.05, 0.1) is 21.9 Å². The van der Waals surface area contributed by atoms with Crippen molar-refractivity contribution in [2.24, 2.45) is 0 Å². The van der Waals surface area contributed by atoms with E-state index in [1.165, 1.54) is 16.8 Å². The number of non-ortho nitro benzene ring substituents is 1. The quantitative estimate of drug-likeness (QED) is 0.369. The van der Waals surface area contributed by atoms with Gasteiger partial charge < -0.3 is 5.32 Å². The number of nitro groups is 1. The van der Waals surface area contributed by atoms with Gasteiger partial charge in [-0.05, 0) is 17.7 Å². The number of carbonyl (C=O) groups is 1. The maximum absolute atomic E-state index is 13.6. The van der Waals surface area contributed by atoms with Crippen LogP contribution in [0.5, 0.6) is 0 Å². The number of fused-ring (bicyclic) bond motifs is 3. The molecule has 33 heavy (non-hydrogen) atoms. The summed E-state index contributed by atoms with van der Waals surface area (Å²) in [6.07, 6.45) is 0. The van der Waals surface area contributed by atoms with Crippen LogP contribution in [0.4, 0.5) is 11.5 Å². The van der Waals surface area contributed by atoms with E-state index in [2.05, 4.69) is 10.4 Å². The van der Waals surface area contributed by atoms with Gasteiger partial charge in [0, 0.05) is 34.8 Å². The number of Topliss-reactive ketones (excluding diaryl/α,β-unsaturated/α-hetero) is 1. The van der Waals surface area contributed by atoms with E-state index in [-0.39, 0.29) is 17.0 Å². The molecule has 1 aliphatic heterocycles. The Morgan fingerprint density at radius 3 is 2.21 bits per heavy atom. The minimum Gasteiger partial charge on any atom is -0.339 e. The fourth-order valence-electron chi connectivity index (χ4n) is 4.68. The average molecular weight is 436 g/mol. The first-order valence-electron chi connectivity index (χ1n) is 10.3. The Hall–Kier alpha value is -4.72. The zero-order valence-corrected chi connectivity index (χ0v) is 17.1. The normalized spacial score (nSPS) is 16.1. The standard InChI is InChI=1S/C25H16N4O4/c30-23-18-9-5-4-8-17(18)22-20(23)19(14-10-12-16(13-11-14)29(32)33)21-24(26-22)27-28(25(21)31)15-6-2-1-3-7-15/h1-13,19,26-27H/t19-/m1/s1. The monoisotopic (exact) mass is 436 g/mol. The number of carbonyl (C=O) groups excluding carboxylic acids is 1. The van der Waals surface area contributed by atoms with Crippen LogP contribution in [0.2, 0.25) is 0 Å². The average Bonchev–Trinajstić information content (AvgIpc) is 3.33. The van der Waals surface area contributed by atoms with Crippen LogP contribution in [0.1, 0.15) is 33.0 Å². The first-order valence-corrected chi connectivity index (χ1v) is 10.3. The summed E-state index contributed by atoms with van der Waals surface area (Å²) in [6, 6.07) is 22.5. The van der Waals surface area contributed by atoms with Gasteiger partial charge in [-0.25, -0.2) is 4.68 Å². The number of nitro benzene ring substituents is 1. The van der Waals surface area contributed by atoms with Gasteiger partial charge in [0.25, 0.3) is 11.2 Å². The molecule has 0 bridgehead atoms. The Morgan fingerprint density at radius 2 is 1.52 bits per heavy atom. The molecule has 0 spiro atoms. The minimum absolute atomic E-state index is 0.0566. The van der Waals surface area contributed by atoms with Gasteiger partial charge in [0.15, 0.2) is 5.78 Å². The molecule has 0 radical (unpaired) electrons. The van der Waals surface area contributed by atoms with Crippen molar-refractivity contribution in [2.45, 2.75) is 5.92 Å². The molecule has 0 saturated heterocycles. The highest BCUT2D eigenvalue weighted by molar-refractivity contribution is 6.23. The number of anilines is 1. The van der Waals surface area contributed by atoms with Crippen LogP contribution in [-0.2, 0) is 0 Å². The third-order valence-electron chi connectivity index (χ3n) is 6.16. The highest BCUT2D eigenvalue weighted by Crippen LogP contribution is 2.48. The summed E-state index contributed by atoms with van der Waals surface area (Å²) in [4.78, 5) is 37.7. The van der Waals surface area contributed by atoms with Crippen LogP contribution in [0.25, 0.3) is 11.4 Å². The molecule has 0 fully saturated rings. The summed E-state index contributed by atoms with van der Waals surface area (Å²) in [5.41, 5.74) is 3.79. The molecule has 0 amide bonds. The van der Waals surface area contributed by atoms with Crippen molar-refractivity contribution < 1.29 is 9.72 Å². The predicted octanol–water partition coefficient (Wildman–Crippen LogP) is 4.24.